The first-order valence-corrected chi connectivity index (χ1v) is 13.4. The number of amides is 1. The number of ether oxygens (including phenoxy) is 1. The second-order valence-electron chi connectivity index (χ2n) is 9.10. The molecule has 37 heavy (non-hydrogen) atoms. The number of hydrogen-bond acceptors (Lipinski definition) is 6. The predicted molar refractivity (Wildman–Crippen MR) is 138 cm³/mol. The number of allylic oxidation sites excluding steroid dienone is 1. The molecule has 1 atom stereocenters. The van der Waals surface area contributed by atoms with Crippen molar-refractivity contribution < 1.29 is 32.8 Å². The summed E-state index contributed by atoms with van der Waals surface area (Å²) in [5.74, 6) is 0.251. The van der Waals surface area contributed by atoms with E-state index >= 15 is 0 Å². The van der Waals surface area contributed by atoms with E-state index in [-0.39, 0.29) is 24.5 Å². The van der Waals surface area contributed by atoms with Crippen LogP contribution >= 0.6 is 7.82 Å². The summed E-state index contributed by atoms with van der Waals surface area (Å²) in [5.41, 5.74) is 3.96. The first kappa shape index (κ1) is 26.9. The van der Waals surface area contributed by atoms with E-state index in [1.165, 1.54) is 12.1 Å². The third-order valence-corrected chi connectivity index (χ3v) is 7.05. The minimum Gasteiger partial charge on any atom is -0.495 e. The van der Waals surface area contributed by atoms with Crippen LogP contribution in [0, 0.1) is 5.82 Å². The molecule has 1 fully saturated rings. The molecule has 198 valence electrons. The molecule has 2 aliphatic heterocycles. The Hall–Kier alpha value is -3.17. The van der Waals surface area contributed by atoms with Crippen molar-refractivity contribution in [2.75, 3.05) is 32.0 Å². The number of benzene rings is 2. The van der Waals surface area contributed by atoms with Crippen LogP contribution in [-0.2, 0) is 13.9 Å². The summed E-state index contributed by atoms with van der Waals surface area (Å²) in [7, 11) is -3.01. The second kappa shape index (κ2) is 11.1. The van der Waals surface area contributed by atoms with Crippen LogP contribution < -0.4 is 9.64 Å². The van der Waals surface area contributed by atoms with Crippen LogP contribution in [0.2, 0.25) is 0 Å². The summed E-state index contributed by atoms with van der Waals surface area (Å²) in [4.78, 5) is 36.7. The Morgan fingerprint density at radius 3 is 2.59 bits per heavy atom. The molecule has 0 saturated carbocycles. The Bertz CT molecular complexity index is 1260. The number of phosphoric ester groups is 1. The van der Waals surface area contributed by atoms with E-state index in [1.807, 2.05) is 54.1 Å². The fourth-order valence-electron chi connectivity index (χ4n) is 4.56. The monoisotopic (exact) mass is 531 g/mol. The first-order valence-electron chi connectivity index (χ1n) is 11.9. The molecule has 2 aromatic rings. The number of rotatable bonds is 8. The number of carbonyl (C=O) groups excluding carboxylic acids is 1. The van der Waals surface area contributed by atoms with E-state index in [0.717, 1.165) is 28.9 Å². The molecule has 11 heteroatoms. The Labute approximate surface area is 215 Å². The van der Waals surface area contributed by atoms with Gasteiger partial charge in [0.25, 0.3) is 0 Å². The maximum Gasteiger partial charge on any atom is 0.471 e. The summed E-state index contributed by atoms with van der Waals surface area (Å²) >= 11 is 0. The number of hydrogen-bond donors (Lipinski definition) is 2. The molecule has 0 unspecified atom stereocenters. The molecule has 1 saturated heterocycles. The van der Waals surface area contributed by atoms with Crippen molar-refractivity contribution in [3.63, 3.8) is 0 Å². The highest BCUT2D eigenvalue weighted by Crippen LogP contribution is 2.38. The zero-order valence-corrected chi connectivity index (χ0v) is 21.9. The number of halogens is 1. The van der Waals surface area contributed by atoms with Crippen molar-refractivity contribution in [2.45, 2.75) is 32.7 Å². The van der Waals surface area contributed by atoms with Gasteiger partial charge in [0, 0.05) is 24.0 Å². The highest BCUT2D eigenvalue weighted by atomic mass is 31.2. The lowest BCUT2D eigenvalue weighted by Gasteiger charge is -2.34. The van der Waals surface area contributed by atoms with Gasteiger partial charge in [0.2, 0.25) is 5.91 Å². The molecule has 0 aliphatic carbocycles. The number of nitrogens with zero attached hydrogens (tertiary/aromatic N) is 3. The number of piperidine rings is 1. The highest BCUT2D eigenvalue weighted by molar-refractivity contribution is 7.46. The largest absolute Gasteiger partial charge is 0.495 e. The molecular formula is C26H31FN3O6P. The van der Waals surface area contributed by atoms with Gasteiger partial charge in [-0.05, 0) is 68.2 Å². The molecule has 0 bridgehead atoms. The molecule has 0 spiro atoms. The van der Waals surface area contributed by atoms with E-state index in [2.05, 4.69) is 4.52 Å². The number of likely N-dealkylation sites (tertiary alicyclic amines) is 1. The van der Waals surface area contributed by atoms with Crippen LogP contribution in [0.4, 0.5) is 10.1 Å². The van der Waals surface area contributed by atoms with Crippen molar-refractivity contribution in [1.82, 2.24) is 9.80 Å². The van der Waals surface area contributed by atoms with E-state index < -0.39 is 7.82 Å². The van der Waals surface area contributed by atoms with Gasteiger partial charge in [-0.25, -0.2) is 8.96 Å². The summed E-state index contributed by atoms with van der Waals surface area (Å²) < 4.78 is 34.7. The summed E-state index contributed by atoms with van der Waals surface area (Å²) in [6.45, 7) is 4.50. The lowest BCUT2D eigenvalue weighted by Crippen LogP contribution is -2.38. The molecule has 4 rings (SSSR count). The normalized spacial score (nSPS) is 18.4. The lowest BCUT2D eigenvalue weighted by molar-refractivity contribution is -0.130. The number of methoxy groups -OCH3 is 1. The zero-order valence-electron chi connectivity index (χ0n) is 21.0. The van der Waals surface area contributed by atoms with E-state index in [1.54, 1.807) is 24.1 Å². The van der Waals surface area contributed by atoms with Gasteiger partial charge in [0.1, 0.15) is 18.3 Å². The van der Waals surface area contributed by atoms with Crippen LogP contribution in [0.5, 0.6) is 5.75 Å². The molecule has 0 radical (unpaired) electrons. The van der Waals surface area contributed by atoms with Crippen molar-refractivity contribution >= 4 is 25.5 Å². The molecular weight excluding hydrogens is 500 g/mol. The molecule has 2 N–H and O–H groups in total. The average molecular weight is 532 g/mol. The lowest BCUT2D eigenvalue weighted by atomic mass is 9.97. The van der Waals surface area contributed by atoms with Gasteiger partial charge in [0.15, 0.2) is 0 Å². The van der Waals surface area contributed by atoms with Crippen LogP contribution in [0.25, 0.3) is 6.08 Å². The summed E-state index contributed by atoms with van der Waals surface area (Å²) in [6.07, 6.45) is 5.22. The van der Waals surface area contributed by atoms with Gasteiger partial charge in [-0.2, -0.15) is 0 Å². The topological polar surface area (TPSA) is 103 Å². The third-order valence-electron chi connectivity index (χ3n) is 6.60. The minimum absolute atomic E-state index is 0.0371. The van der Waals surface area contributed by atoms with Gasteiger partial charge < -0.3 is 29.2 Å². The predicted octanol–water partition coefficient (Wildman–Crippen LogP) is 4.61. The first-order chi connectivity index (χ1) is 17.6. The third kappa shape index (κ3) is 6.40. The Morgan fingerprint density at radius 1 is 1.19 bits per heavy atom. The number of phosphoric acid groups is 1. The number of carbonyl (C=O) groups is 1. The Morgan fingerprint density at radius 2 is 1.92 bits per heavy atom. The van der Waals surface area contributed by atoms with Crippen molar-refractivity contribution in [3.8, 4) is 5.75 Å². The van der Waals surface area contributed by atoms with Gasteiger partial charge in [-0.3, -0.25) is 9.32 Å². The Kier molecular flexibility index (Phi) is 8.04. The van der Waals surface area contributed by atoms with E-state index in [0.29, 0.717) is 31.0 Å². The molecule has 1 amide bonds. The Balaban J connectivity index is 1.50. The summed E-state index contributed by atoms with van der Waals surface area (Å²) in [6, 6.07) is 11.7. The smallest absolute Gasteiger partial charge is 0.471 e. The fourth-order valence-corrected chi connectivity index (χ4v) is 4.85. The minimum atomic E-state index is -4.58. The molecule has 2 aromatic carbocycles. The van der Waals surface area contributed by atoms with E-state index in [9.17, 15) is 13.8 Å². The number of anilines is 1. The van der Waals surface area contributed by atoms with Gasteiger partial charge in [0.05, 0.1) is 25.5 Å². The van der Waals surface area contributed by atoms with Crippen molar-refractivity contribution in [2.24, 2.45) is 0 Å². The van der Waals surface area contributed by atoms with Crippen LogP contribution in [-0.4, -0.2) is 52.5 Å². The van der Waals surface area contributed by atoms with E-state index in [4.69, 9.17) is 14.5 Å². The average Bonchev–Trinajstić information content (AvgIpc) is 3.23. The second-order valence-corrected chi connectivity index (χ2v) is 10.3. The van der Waals surface area contributed by atoms with Crippen LogP contribution in [0.3, 0.4) is 0 Å². The highest BCUT2D eigenvalue weighted by Gasteiger charge is 2.28. The van der Waals surface area contributed by atoms with Gasteiger partial charge in [-0.1, -0.05) is 18.2 Å². The van der Waals surface area contributed by atoms with Gasteiger partial charge >= 0.3 is 7.82 Å². The van der Waals surface area contributed by atoms with Crippen molar-refractivity contribution in [3.05, 3.63) is 76.9 Å². The quantitative estimate of drug-likeness (QED) is 0.376. The van der Waals surface area contributed by atoms with Crippen LogP contribution in [0.1, 0.15) is 43.9 Å². The maximum absolute atomic E-state index is 13.3. The van der Waals surface area contributed by atoms with Gasteiger partial charge in [-0.15, -0.1) is 0 Å². The van der Waals surface area contributed by atoms with Crippen LogP contribution in [0.15, 0.2) is 59.9 Å². The van der Waals surface area contributed by atoms with Crippen molar-refractivity contribution in [1.29, 1.82) is 0 Å². The molecule has 0 aromatic heterocycles. The fraction of sp³-hybridized carbons (Fsp3) is 0.346. The molecule has 2 aliphatic rings. The standard InChI is InChI=1S/C26H31FN3O6P/c1-18-15-28(16-29(18)17-36-37(32,33)34)24-11-6-20(14-25(24)35-3)13-22-5-4-12-30(26(22)31)19(2)21-7-9-23(27)10-8-21/h6-11,13-15,19H,4-5,12,16-17H2,1-3H3,(H2,32,33,34)/t19-/m0/s1. The zero-order chi connectivity index (χ0) is 26.7. The SMILES string of the molecule is COc1cc(C=C2CCCN([C@@H](C)c3ccc(F)cc3)C2=O)ccc1N1C=C(C)N(COP(=O)(O)O)C1. The molecule has 2 heterocycles. The summed E-state index contributed by atoms with van der Waals surface area (Å²) in [5, 5.41) is 0. The molecule has 9 nitrogen and oxygen atoms in total. The maximum atomic E-state index is 13.3.